The van der Waals surface area contributed by atoms with E-state index in [1.807, 2.05) is 53.5 Å². The number of amides is 1. The normalized spacial score (nSPS) is 20.8. The van der Waals surface area contributed by atoms with Crippen LogP contribution in [0.1, 0.15) is 28.1 Å². The third kappa shape index (κ3) is 4.13. The molecule has 158 valence electrons. The molecule has 3 heterocycles. The molecule has 3 aromatic rings. The number of nitrogens with zero attached hydrogens (tertiary/aromatic N) is 3. The molecule has 0 saturated carbocycles. The van der Waals surface area contributed by atoms with Crippen LogP contribution in [0.25, 0.3) is 0 Å². The Morgan fingerprint density at radius 3 is 2.58 bits per heavy atom. The minimum atomic E-state index is -0.605. The zero-order valence-corrected chi connectivity index (χ0v) is 18.8. The van der Waals surface area contributed by atoms with Gasteiger partial charge in [0.15, 0.2) is 11.4 Å². The lowest BCUT2D eigenvalue weighted by molar-refractivity contribution is -0.00173. The Morgan fingerprint density at radius 2 is 1.87 bits per heavy atom. The van der Waals surface area contributed by atoms with Crippen molar-refractivity contribution in [3.63, 3.8) is 0 Å². The summed E-state index contributed by atoms with van der Waals surface area (Å²) in [6.07, 6.45) is 2.11. The highest BCUT2D eigenvalue weighted by atomic mass is 79.9. The molecule has 1 spiro atoms. The van der Waals surface area contributed by atoms with Gasteiger partial charge in [-0.1, -0.05) is 57.0 Å². The van der Waals surface area contributed by atoms with Crippen LogP contribution in [-0.4, -0.2) is 40.3 Å². The molecular formula is C23H19BrClN3O3. The summed E-state index contributed by atoms with van der Waals surface area (Å²) in [5, 5.41) is 8.75. The number of oxime groups is 1. The quantitative estimate of drug-likeness (QED) is 0.498. The van der Waals surface area contributed by atoms with E-state index in [9.17, 15) is 4.79 Å². The molecule has 2 aliphatic rings. The fraction of sp³-hybridized carbons (Fsp3) is 0.217. The number of hydrazine groups is 1. The van der Waals surface area contributed by atoms with Crippen LogP contribution in [0.4, 0.5) is 0 Å². The number of halogens is 2. The summed E-state index contributed by atoms with van der Waals surface area (Å²) in [5.74, 6) is 0.109. The van der Waals surface area contributed by atoms with Crippen LogP contribution in [0.2, 0.25) is 5.02 Å². The summed E-state index contributed by atoms with van der Waals surface area (Å²) >= 11 is 9.48. The molecule has 1 aromatic heterocycles. The Hall–Kier alpha value is -2.61. The first kappa shape index (κ1) is 20.3. The van der Waals surface area contributed by atoms with Gasteiger partial charge < -0.3 is 9.25 Å². The van der Waals surface area contributed by atoms with Crippen molar-refractivity contribution in [3.8, 4) is 0 Å². The molecule has 0 bridgehead atoms. The number of rotatable bonds is 4. The maximum absolute atomic E-state index is 13.2. The topological polar surface area (TPSA) is 58.3 Å². The SMILES string of the molecule is O=C(c1ccco1)N1CC2(CC(c3ccc(Cl)cc3)=NO2)CN1Cc1ccc(Br)cc1. The van der Waals surface area contributed by atoms with Crippen LogP contribution in [0.3, 0.4) is 0 Å². The van der Waals surface area contributed by atoms with Gasteiger partial charge in [-0.25, -0.2) is 5.01 Å². The van der Waals surface area contributed by atoms with Crippen LogP contribution in [-0.2, 0) is 11.4 Å². The van der Waals surface area contributed by atoms with Gasteiger partial charge in [-0.05, 0) is 47.5 Å². The fourth-order valence-corrected chi connectivity index (χ4v) is 4.39. The van der Waals surface area contributed by atoms with E-state index in [1.54, 1.807) is 17.1 Å². The minimum absolute atomic E-state index is 0.192. The van der Waals surface area contributed by atoms with Crippen molar-refractivity contribution in [2.24, 2.45) is 5.16 Å². The Bertz CT molecular complexity index is 1120. The molecule has 31 heavy (non-hydrogen) atoms. The highest BCUT2D eigenvalue weighted by Crippen LogP contribution is 2.36. The molecule has 0 radical (unpaired) electrons. The van der Waals surface area contributed by atoms with Crippen LogP contribution in [0.5, 0.6) is 0 Å². The number of carbonyl (C=O) groups is 1. The van der Waals surface area contributed by atoms with Crippen LogP contribution in [0, 0.1) is 0 Å². The zero-order valence-electron chi connectivity index (χ0n) is 16.5. The first-order chi connectivity index (χ1) is 15.0. The van der Waals surface area contributed by atoms with Gasteiger partial charge >= 0.3 is 5.91 Å². The average molecular weight is 501 g/mol. The fourth-order valence-electron chi connectivity index (χ4n) is 4.00. The number of carbonyl (C=O) groups excluding carboxylic acids is 1. The number of furan rings is 1. The van der Waals surface area contributed by atoms with Gasteiger partial charge in [0.2, 0.25) is 0 Å². The third-order valence-electron chi connectivity index (χ3n) is 5.51. The maximum Gasteiger partial charge on any atom is 0.303 e. The van der Waals surface area contributed by atoms with Crippen molar-refractivity contribution >= 4 is 39.1 Å². The van der Waals surface area contributed by atoms with Gasteiger partial charge in [-0.3, -0.25) is 9.80 Å². The van der Waals surface area contributed by atoms with E-state index < -0.39 is 5.60 Å². The number of hydrogen-bond donors (Lipinski definition) is 0. The molecule has 1 fully saturated rings. The molecule has 1 amide bonds. The van der Waals surface area contributed by atoms with Gasteiger partial charge in [0.05, 0.1) is 25.1 Å². The summed E-state index contributed by atoms with van der Waals surface area (Å²) in [7, 11) is 0. The van der Waals surface area contributed by atoms with Crippen molar-refractivity contribution < 1.29 is 14.0 Å². The van der Waals surface area contributed by atoms with E-state index in [-0.39, 0.29) is 5.91 Å². The molecule has 2 aliphatic heterocycles. The lowest BCUT2D eigenvalue weighted by atomic mass is 9.95. The van der Waals surface area contributed by atoms with Gasteiger partial charge in [0, 0.05) is 22.5 Å². The van der Waals surface area contributed by atoms with Gasteiger partial charge in [0.1, 0.15) is 0 Å². The van der Waals surface area contributed by atoms with E-state index in [0.717, 1.165) is 21.3 Å². The summed E-state index contributed by atoms with van der Waals surface area (Å²) < 4.78 is 6.38. The van der Waals surface area contributed by atoms with Gasteiger partial charge in [-0.2, -0.15) is 0 Å². The molecule has 2 aromatic carbocycles. The van der Waals surface area contributed by atoms with Crippen molar-refractivity contribution in [3.05, 3.63) is 93.3 Å². The Labute approximate surface area is 193 Å². The molecule has 6 nitrogen and oxygen atoms in total. The van der Waals surface area contributed by atoms with Crippen molar-refractivity contribution in [1.82, 2.24) is 10.0 Å². The van der Waals surface area contributed by atoms with E-state index in [0.29, 0.717) is 36.8 Å². The summed E-state index contributed by atoms with van der Waals surface area (Å²) in [4.78, 5) is 19.1. The summed E-state index contributed by atoms with van der Waals surface area (Å²) in [6.45, 7) is 1.50. The smallest absolute Gasteiger partial charge is 0.303 e. The molecular weight excluding hydrogens is 482 g/mol. The molecule has 8 heteroatoms. The Morgan fingerprint density at radius 1 is 1.10 bits per heavy atom. The molecule has 0 N–H and O–H groups in total. The van der Waals surface area contributed by atoms with Gasteiger partial charge in [0.25, 0.3) is 0 Å². The van der Waals surface area contributed by atoms with Crippen LogP contribution >= 0.6 is 27.5 Å². The largest absolute Gasteiger partial charge is 0.459 e. The first-order valence-corrected chi connectivity index (χ1v) is 11.0. The van der Waals surface area contributed by atoms with E-state index in [4.69, 9.17) is 20.9 Å². The Kier molecular flexibility index (Phi) is 5.33. The first-order valence-electron chi connectivity index (χ1n) is 9.87. The second-order valence-electron chi connectivity index (χ2n) is 7.79. The number of benzene rings is 2. The van der Waals surface area contributed by atoms with Crippen LogP contribution in [0.15, 0.2) is 81.0 Å². The molecule has 5 rings (SSSR count). The van der Waals surface area contributed by atoms with Crippen molar-refractivity contribution in [1.29, 1.82) is 0 Å². The number of hydrogen-bond acceptors (Lipinski definition) is 5. The summed E-state index contributed by atoms with van der Waals surface area (Å²) in [6, 6.07) is 19.0. The van der Waals surface area contributed by atoms with E-state index in [2.05, 4.69) is 21.1 Å². The second-order valence-corrected chi connectivity index (χ2v) is 9.14. The van der Waals surface area contributed by atoms with Crippen molar-refractivity contribution in [2.75, 3.05) is 13.1 Å². The average Bonchev–Trinajstić information content (AvgIpc) is 3.51. The maximum atomic E-state index is 13.2. The second kappa shape index (κ2) is 8.15. The van der Waals surface area contributed by atoms with Crippen LogP contribution < -0.4 is 0 Å². The standard InChI is InChI=1S/C23H19BrClN3O3/c24-18-7-3-16(4-8-18)13-27-14-23(15-28(27)22(29)21-2-1-11-30-21)12-20(26-31-23)17-5-9-19(25)10-6-17/h1-11H,12-15H2. The molecule has 1 saturated heterocycles. The predicted molar refractivity (Wildman–Crippen MR) is 121 cm³/mol. The van der Waals surface area contributed by atoms with Crippen molar-refractivity contribution in [2.45, 2.75) is 18.6 Å². The van der Waals surface area contributed by atoms with E-state index >= 15 is 0 Å². The Balaban J connectivity index is 1.39. The third-order valence-corrected chi connectivity index (χ3v) is 6.29. The molecule has 0 aliphatic carbocycles. The zero-order chi connectivity index (χ0) is 21.4. The highest BCUT2D eigenvalue weighted by molar-refractivity contribution is 9.10. The molecule has 1 atom stereocenters. The predicted octanol–water partition coefficient (Wildman–Crippen LogP) is 5.13. The lowest BCUT2D eigenvalue weighted by Gasteiger charge is -2.26. The summed E-state index contributed by atoms with van der Waals surface area (Å²) in [5.41, 5.74) is 2.31. The lowest BCUT2D eigenvalue weighted by Crippen LogP contribution is -2.40. The minimum Gasteiger partial charge on any atom is -0.459 e. The van der Waals surface area contributed by atoms with Gasteiger partial charge in [-0.15, -0.1) is 0 Å². The highest BCUT2D eigenvalue weighted by Gasteiger charge is 2.51. The molecule has 1 unspecified atom stereocenters. The van der Waals surface area contributed by atoms with E-state index in [1.165, 1.54) is 6.26 Å². The monoisotopic (exact) mass is 499 g/mol.